The molecule has 2 aromatic carbocycles. The first-order valence-corrected chi connectivity index (χ1v) is 12.4. The number of ether oxygens (including phenoxy) is 2. The van der Waals surface area contributed by atoms with Gasteiger partial charge in [-0.3, -0.25) is 9.69 Å². The lowest BCUT2D eigenvalue weighted by Gasteiger charge is -2.16. The van der Waals surface area contributed by atoms with Gasteiger partial charge in [0.25, 0.3) is 0 Å². The van der Waals surface area contributed by atoms with Crippen LogP contribution in [0.25, 0.3) is 0 Å². The number of aromatic nitrogens is 2. The average molecular weight is 524 g/mol. The summed E-state index contributed by atoms with van der Waals surface area (Å²) in [5.74, 6) is 0.695. The molecule has 1 fully saturated rings. The molecule has 0 aliphatic heterocycles. The molecular weight excluding hydrogens is 494 g/mol. The number of carboxylic acid groups (broad SMARTS) is 1. The predicted octanol–water partition coefficient (Wildman–Crippen LogP) is 4.82. The second-order valence-corrected chi connectivity index (χ2v) is 9.60. The fourth-order valence-electron chi connectivity index (χ4n) is 3.44. The Morgan fingerprint density at radius 2 is 2.03 bits per heavy atom. The molecule has 1 heterocycles. The van der Waals surface area contributed by atoms with Gasteiger partial charge in [0.2, 0.25) is 5.88 Å². The summed E-state index contributed by atoms with van der Waals surface area (Å²) in [4.78, 5) is 25.9. The van der Waals surface area contributed by atoms with Crippen molar-refractivity contribution in [2.24, 2.45) is 4.99 Å². The number of likely N-dealkylation sites (N-methyl/N-ethyl adjacent to an activating group) is 1. The molecule has 0 saturated heterocycles. The van der Waals surface area contributed by atoms with Crippen molar-refractivity contribution in [1.82, 2.24) is 14.9 Å². The number of nitrogens with one attached hydrogen (secondary N) is 1. The second-order valence-electron chi connectivity index (χ2n) is 9.19. The lowest BCUT2D eigenvalue weighted by Crippen LogP contribution is -2.29. The minimum atomic E-state index is -0.879. The van der Waals surface area contributed by atoms with E-state index in [1.54, 1.807) is 30.3 Å². The van der Waals surface area contributed by atoms with Crippen LogP contribution in [0.1, 0.15) is 30.9 Å². The number of hydrogen-bond donors (Lipinski definition) is 2. The third-order valence-corrected chi connectivity index (χ3v) is 6.17. The van der Waals surface area contributed by atoms with Gasteiger partial charge in [-0.15, -0.1) is 0 Å². The van der Waals surface area contributed by atoms with Crippen LogP contribution < -0.4 is 14.8 Å². The van der Waals surface area contributed by atoms with Crippen molar-refractivity contribution >= 4 is 35.3 Å². The van der Waals surface area contributed by atoms with Gasteiger partial charge in [-0.05, 0) is 50.6 Å². The van der Waals surface area contributed by atoms with Gasteiger partial charge in [0.1, 0.15) is 24.3 Å². The highest BCUT2D eigenvalue weighted by Gasteiger charge is 2.41. The van der Waals surface area contributed by atoms with Gasteiger partial charge in [0.05, 0.1) is 11.6 Å². The van der Waals surface area contributed by atoms with Crippen molar-refractivity contribution in [3.63, 3.8) is 0 Å². The number of benzene rings is 2. The maximum Gasteiger partial charge on any atom is 0.317 e. The third-order valence-electron chi connectivity index (χ3n) is 5.84. The Labute approximate surface area is 221 Å². The molecule has 9 nitrogen and oxygen atoms in total. The van der Waals surface area contributed by atoms with Gasteiger partial charge < -0.3 is 19.9 Å². The van der Waals surface area contributed by atoms with Crippen LogP contribution in [0.15, 0.2) is 59.9 Å². The van der Waals surface area contributed by atoms with E-state index in [-0.39, 0.29) is 12.1 Å². The van der Waals surface area contributed by atoms with Gasteiger partial charge in [0.15, 0.2) is 11.5 Å². The molecule has 0 atom stereocenters. The highest BCUT2D eigenvalue weighted by atomic mass is 35.5. The van der Waals surface area contributed by atoms with Crippen LogP contribution in [0.3, 0.4) is 0 Å². The predicted molar refractivity (Wildman–Crippen MR) is 143 cm³/mol. The number of hydrogen-bond acceptors (Lipinski definition) is 8. The van der Waals surface area contributed by atoms with Crippen LogP contribution >= 0.6 is 11.6 Å². The van der Waals surface area contributed by atoms with Gasteiger partial charge in [-0.1, -0.05) is 41.9 Å². The first-order chi connectivity index (χ1) is 17.8. The van der Waals surface area contributed by atoms with E-state index in [0.29, 0.717) is 53.4 Å². The van der Waals surface area contributed by atoms with E-state index in [0.717, 1.165) is 18.4 Å². The number of carboxylic acids is 1. The largest absolute Gasteiger partial charge is 0.492 e. The number of aliphatic carboxylic acids is 1. The van der Waals surface area contributed by atoms with Crippen molar-refractivity contribution in [3.05, 3.63) is 71.0 Å². The molecule has 1 aromatic heterocycles. The van der Waals surface area contributed by atoms with E-state index in [9.17, 15) is 4.79 Å². The number of nitrogens with zero attached hydrogens (tertiary/aromatic N) is 4. The van der Waals surface area contributed by atoms with Gasteiger partial charge >= 0.3 is 5.97 Å². The molecule has 3 aromatic rings. The molecule has 1 aliphatic carbocycles. The van der Waals surface area contributed by atoms with Gasteiger partial charge in [-0.2, -0.15) is 4.98 Å². The molecule has 1 saturated carbocycles. The van der Waals surface area contributed by atoms with E-state index >= 15 is 0 Å². The van der Waals surface area contributed by atoms with Crippen molar-refractivity contribution in [1.29, 1.82) is 0 Å². The second kappa shape index (κ2) is 12.0. The van der Waals surface area contributed by atoms with Crippen LogP contribution in [-0.4, -0.2) is 64.5 Å². The maximum atomic E-state index is 10.8. The molecule has 0 bridgehead atoms. The molecule has 0 unspecified atom stereocenters. The van der Waals surface area contributed by atoms with E-state index < -0.39 is 5.97 Å². The highest BCUT2D eigenvalue weighted by Crippen LogP contribution is 2.43. The topological polar surface area (TPSA) is 109 Å². The Hall–Kier alpha value is -3.69. The van der Waals surface area contributed by atoms with Gasteiger partial charge in [-0.25, -0.2) is 9.98 Å². The zero-order chi connectivity index (χ0) is 26.3. The molecule has 4 rings (SSSR count). The van der Waals surface area contributed by atoms with Crippen LogP contribution in [0.4, 0.5) is 11.5 Å². The summed E-state index contributed by atoms with van der Waals surface area (Å²) in [5, 5.41) is 12.6. The summed E-state index contributed by atoms with van der Waals surface area (Å²) in [5.41, 5.74) is 2.08. The van der Waals surface area contributed by atoms with Crippen LogP contribution in [0.5, 0.6) is 11.6 Å². The summed E-state index contributed by atoms with van der Waals surface area (Å²) in [6.07, 6.45) is 5.06. The summed E-state index contributed by atoms with van der Waals surface area (Å²) < 4.78 is 11.9. The zero-order valence-corrected chi connectivity index (χ0v) is 21.6. The average Bonchev–Trinajstić information content (AvgIpc) is 3.59. The van der Waals surface area contributed by atoms with Crippen molar-refractivity contribution in [2.75, 3.05) is 32.1 Å². The molecule has 2 N–H and O–H groups in total. The monoisotopic (exact) mass is 523 g/mol. The smallest absolute Gasteiger partial charge is 0.317 e. The Morgan fingerprint density at radius 3 is 2.73 bits per heavy atom. The van der Waals surface area contributed by atoms with E-state index in [1.807, 2.05) is 36.4 Å². The molecule has 10 heteroatoms. The molecule has 0 amide bonds. The first kappa shape index (κ1) is 26.4. The number of carbonyl (C=O) groups is 1. The number of rotatable bonds is 13. The zero-order valence-electron chi connectivity index (χ0n) is 20.9. The normalized spacial score (nSPS) is 14.1. The fraction of sp³-hybridized carbons (Fsp3) is 0.333. The molecule has 1 aliphatic rings. The molecule has 194 valence electrons. The summed E-state index contributed by atoms with van der Waals surface area (Å²) >= 11 is 6.51. The SMILES string of the molecule is CN(CCOc1ccc(C=Nc2c(NCc3ccccc3)ncnc2OC2(C)CC2)c(Cl)c1)CC(=O)O. The van der Waals surface area contributed by atoms with Gasteiger partial charge in [0, 0.05) is 24.9 Å². The standard InChI is InChI=1S/C27H30ClN5O4/c1-27(10-11-27)37-26-24(25(31-18-32-26)30-15-19-6-4-3-5-7-19)29-16-20-8-9-21(14-22(20)28)36-13-12-33(2)17-23(34)35/h3-9,14,16,18H,10-13,15,17H2,1-2H3,(H,34,35)(H,30,31,32). The Kier molecular flexibility index (Phi) is 8.58. The van der Waals surface area contributed by atoms with Crippen LogP contribution in [-0.2, 0) is 11.3 Å². The minimum Gasteiger partial charge on any atom is -0.492 e. The lowest BCUT2D eigenvalue weighted by atomic mass is 10.2. The van der Waals surface area contributed by atoms with E-state index in [1.165, 1.54) is 6.33 Å². The van der Waals surface area contributed by atoms with Crippen LogP contribution in [0.2, 0.25) is 5.02 Å². The van der Waals surface area contributed by atoms with E-state index in [2.05, 4.69) is 27.2 Å². The number of halogens is 1. The summed E-state index contributed by atoms with van der Waals surface area (Å²) in [7, 11) is 1.72. The minimum absolute atomic E-state index is 0.0459. The number of aliphatic imine (C=N–C) groups is 1. The van der Waals surface area contributed by atoms with Crippen LogP contribution in [0, 0.1) is 0 Å². The first-order valence-electron chi connectivity index (χ1n) is 12.0. The molecule has 0 spiro atoms. The fourth-order valence-corrected chi connectivity index (χ4v) is 3.66. The summed E-state index contributed by atoms with van der Waals surface area (Å²) in [6.45, 7) is 3.39. The molecule has 0 radical (unpaired) electrons. The Bertz CT molecular complexity index is 1250. The quantitative estimate of drug-likeness (QED) is 0.307. The van der Waals surface area contributed by atoms with Crippen molar-refractivity contribution in [3.8, 4) is 11.6 Å². The highest BCUT2D eigenvalue weighted by molar-refractivity contribution is 6.33. The van der Waals surface area contributed by atoms with E-state index in [4.69, 9.17) is 26.2 Å². The molecule has 37 heavy (non-hydrogen) atoms. The van der Waals surface area contributed by atoms with Crippen molar-refractivity contribution < 1.29 is 19.4 Å². The Morgan fingerprint density at radius 1 is 1.24 bits per heavy atom. The lowest BCUT2D eigenvalue weighted by molar-refractivity contribution is -0.138. The number of anilines is 1. The Balaban J connectivity index is 1.48. The maximum absolute atomic E-state index is 10.8. The van der Waals surface area contributed by atoms with Crippen molar-refractivity contribution in [2.45, 2.75) is 31.9 Å². The molecular formula is C27H30ClN5O4. The third kappa shape index (κ3) is 7.90. The summed E-state index contributed by atoms with van der Waals surface area (Å²) in [6, 6.07) is 15.3.